The number of nitrogens with zero attached hydrogens (tertiary/aromatic N) is 2. The molecule has 0 radical (unpaired) electrons. The molecule has 23 heavy (non-hydrogen) atoms. The van der Waals surface area contributed by atoms with Crippen LogP contribution >= 0.6 is 11.3 Å². The Hall–Kier alpha value is -1.99. The van der Waals surface area contributed by atoms with Crippen molar-refractivity contribution in [3.05, 3.63) is 28.6 Å². The van der Waals surface area contributed by atoms with Crippen LogP contribution in [0.4, 0.5) is 0 Å². The molecule has 0 unspecified atom stereocenters. The van der Waals surface area contributed by atoms with Crippen LogP contribution in [0.1, 0.15) is 30.1 Å². The number of benzene rings is 1. The van der Waals surface area contributed by atoms with Crippen LogP contribution in [0.5, 0.6) is 0 Å². The summed E-state index contributed by atoms with van der Waals surface area (Å²) >= 11 is 1.38. The van der Waals surface area contributed by atoms with Crippen molar-refractivity contribution in [3.8, 4) is 0 Å². The third-order valence-electron chi connectivity index (χ3n) is 3.31. The number of hydrogen-bond acceptors (Lipinski definition) is 5. The summed E-state index contributed by atoms with van der Waals surface area (Å²) in [7, 11) is 2.98. The van der Waals surface area contributed by atoms with E-state index in [9.17, 15) is 9.59 Å². The Labute approximate surface area is 138 Å². The highest BCUT2D eigenvalue weighted by atomic mass is 32.1. The third-order valence-corrected chi connectivity index (χ3v) is 4.35. The minimum Gasteiger partial charge on any atom is -0.465 e. The maximum Gasteiger partial charge on any atom is 0.337 e. The van der Waals surface area contributed by atoms with Crippen LogP contribution in [-0.2, 0) is 20.8 Å². The maximum absolute atomic E-state index is 11.9. The molecular formula is C16H20N2O4S. The van der Waals surface area contributed by atoms with Crippen LogP contribution in [0, 0.1) is 0 Å². The van der Waals surface area contributed by atoms with Crippen molar-refractivity contribution in [2.75, 3.05) is 20.8 Å². The van der Waals surface area contributed by atoms with Crippen molar-refractivity contribution in [2.24, 2.45) is 4.99 Å². The van der Waals surface area contributed by atoms with Crippen LogP contribution in [0.25, 0.3) is 10.2 Å². The Morgan fingerprint density at radius 2 is 2.09 bits per heavy atom. The van der Waals surface area contributed by atoms with Gasteiger partial charge < -0.3 is 14.0 Å². The summed E-state index contributed by atoms with van der Waals surface area (Å²) < 4.78 is 12.7. The number of esters is 1. The number of hydrogen-bond donors (Lipinski definition) is 0. The molecule has 1 heterocycles. The minimum atomic E-state index is -0.385. The first-order chi connectivity index (χ1) is 11.1. The molecule has 0 spiro atoms. The monoisotopic (exact) mass is 336 g/mol. The Balaban J connectivity index is 2.55. The van der Waals surface area contributed by atoms with E-state index >= 15 is 0 Å². The fraction of sp³-hybridized carbons (Fsp3) is 0.438. The first kappa shape index (κ1) is 17.4. The van der Waals surface area contributed by atoms with Crippen molar-refractivity contribution in [1.82, 2.24) is 4.57 Å². The standard InChI is InChI=1S/C16H20N2O4S/c1-4-5-14(19)17-16-18(8-9-21-2)12-7-6-11(15(20)22-3)10-13(12)23-16/h6-7,10H,4-5,8-9H2,1-3H3. The molecule has 1 amide bonds. The maximum atomic E-state index is 11.9. The summed E-state index contributed by atoms with van der Waals surface area (Å²) in [4.78, 5) is 28.3. The molecule has 1 aromatic heterocycles. The topological polar surface area (TPSA) is 69.9 Å². The first-order valence-electron chi connectivity index (χ1n) is 7.39. The van der Waals surface area contributed by atoms with Crippen molar-refractivity contribution >= 4 is 33.4 Å². The molecule has 0 saturated carbocycles. The molecule has 2 aromatic rings. The quantitative estimate of drug-likeness (QED) is 0.759. The average Bonchev–Trinajstić information content (AvgIpc) is 2.88. The van der Waals surface area contributed by atoms with E-state index in [4.69, 9.17) is 9.47 Å². The third kappa shape index (κ3) is 4.05. The highest BCUT2D eigenvalue weighted by molar-refractivity contribution is 7.16. The van der Waals surface area contributed by atoms with Gasteiger partial charge in [0.25, 0.3) is 0 Å². The molecule has 0 aliphatic rings. The van der Waals surface area contributed by atoms with Crippen molar-refractivity contribution in [1.29, 1.82) is 0 Å². The zero-order valence-corrected chi connectivity index (χ0v) is 14.3. The van der Waals surface area contributed by atoms with Crippen LogP contribution in [0.2, 0.25) is 0 Å². The van der Waals surface area contributed by atoms with E-state index in [1.807, 2.05) is 17.6 Å². The van der Waals surface area contributed by atoms with E-state index in [-0.39, 0.29) is 11.9 Å². The number of rotatable bonds is 6. The van der Waals surface area contributed by atoms with Gasteiger partial charge in [0.2, 0.25) is 5.91 Å². The number of carbonyl (C=O) groups is 2. The summed E-state index contributed by atoms with van der Waals surface area (Å²) in [5.74, 6) is -0.525. The molecule has 1 aromatic carbocycles. The number of fused-ring (bicyclic) bond motifs is 1. The fourth-order valence-electron chi connectivity index (χ4n) is 2.18. The second kappa shape index (κ2) is 8.03. The second-order valence-electron chi connectivity index (χ2n) is 4.96. The van der Waals surface area contributed by atoms with Crippen LogP contribution in [0.3, 0.4) is 0 Å². The van der Waals surface area contributed by atoms with E-state index in [2.05, 4.69) is 4.99 Å². The van der Waals surface area contributed by atoms with Gasteiger partial charge in [-0.15, -0.1) is 0 Å². The van der Waals surface area contributed by atoms with Crippen molar-refractivity contribution < 1.29 is 19.1 Å². The molecule has 0 bridgehead atoms. The lowest BCUT2D eigenvalue weighted by Gasteiger charge is -2.04. The highest BCUT2D eigenvalue weighted by Crippen LogP contribution is 2.20. The van der Waals surface area contributed by atoms with Crippen molar-refractivity contribution in [3.63, 3.8) is 0 Å². The van der Waals surface area contributed by atoms with Gasteiger partial charge in [0.1, 0.15) is 0 Å². The molecule has 7 heteroatoms. The molecule has 6 nitrogen and oxygen atoms in total. The lowest BCUT2D eigenvalue weighted by atomic mass is 10.2. The molecule has 0 aliphatic heterocycles. The van der Waals surface area contributed by atoms with E-state index in [0.717, 1.165) is 16.6 Å². The first-order valence-corrected chi connectivity index (χ1v) is 8.20. The number of amides is 1. The summed E-state index contributed by atoms with van der Waals surface area (Å²) in [6.45, 7) is 3.05. The second-order valence-corrected chi connectivity index (χ2v) is 5.97. The highest BCUT2D eigenvalue weighted by Gasteiger charge is 2.11. The molecule has 2 rings (SSSR count). The largest absolute Gasteiger partial charge is 0.465 e. The van der Waals surface area contributed by atoms with Crippen LogP contribution in [0.15, 0.2) is 23.2 Å². The Kier molecular flexibility index (Phi) is 6.06. The normalized spacial score (nSPS) is 11.9. The van der Waals surface area contributed by atoms with E-state index in [0.29, 0.717) is 29.9 Å². The summed E-state index contributed by atoms with van der Waals surface area (Å²) in [5.41, 5.74) is 1.40. The smallest absolute Gasteiger partial charge is 0.337 e. The molecule has 0 saturated heterocycles. The van der Waals surface area contributed by atoms with Gasteiger partial charge in [0.05, 0.1) is 29.5 Å². The molecule has 0 aliphatic carbocycles. The summed E-state index contributed by atoms with van der Waals surface area (Å²) in [6, 6.07) is 5.32. The van der Waals surface area contributed by atoms with Crippen LogP contribution in [-0.4, -0.2) is 37.3 Å². The SMILES string of the molecule is CCCC(=O)N=c1sc2cc(C(=O)OC)ccc2n1CCOC. The van der Waals surface area contributed by atoms with E-state index < -0.39 is 0 Å². The zero-order chi connectivity index (χ0) is 16.8. The lowest BCUT2D eigenvalue weighted by Crippen LogP contribution is -2.19. The van der Waals surface area contributed by atoms with Crippen molar-refractivity contribution in [2.45, 2.75) is 26.3 Å². The molecule has 0 N–H and O–H groups in total. The molecule has 0 atom stereocenters. The van der Waals surface area contributed by atoms with Gasteiger partial charge in [-0.05, 0) is 24.6 Å². The minimum absolute atomic E-state index is 0.140. The Bertz CT molecular complexity index is 776. The Morgan fingerprint density at radius 3 is 2.74 bits per heavy atom. The van der Waals surface area contributed by atoms with Gasteiger partial charge >= 0.3 is 5.97 Å². The Morgan fingerprint density at radius 1 is 1.30 bits per heavy atom. The van der Waals surface area contributed by atoms with E-state index in [1.54, 1.807) is 19.2 Å². The molecular weight excluding hydrogens is 316 g/mol. The predicted molar refractivity (Wildman–Crippen MR) is 88.5 cm³/mol. The average molecular weight is 336 g/mol. The van der Waals surface area contributed by atoms with Gasteiger partial charge in [-0.2, -0.15) is 4.99 Å². The summed E-state index contributed by atoms with van der Waals surface area (Å²) in [6.07, 6.45) is 1.18. The van der Waals surface area contributed by atoms with Gasteiger partial charge in [-0.25, -0.2) is 4.79 Å². The fourth-order valence-corrected chi connectivity index (χ4v) is 3.29. The van der Waals surface area contributed by atoms with E-state index in [1.165, 1.54) is 18.4 Å². The predicted octanol–water partition coefficient (Wildman–Crippen LogP) is 2.36. The van der Waals surface area contributed by atoms with Crippen LogP contribution < -0.4 is 4.80 Å². The lowest BCUT2D eigenvalue weighted by molar-refractivity contribution is -0.118. The number of thiazole rings is 1. The number of ether oxygens (including phenoxy) is 2. The summed E-state index contributed by atoms with van der Waals surface area (Å²) in [5, 5.41) is 0. The zero-order valence-electron chi connectivity index (χ0n) is 13.5. The van der Waals surface area contributed by atoms with Gasteiger partial charge in [0.15, 0.2) is 4.80 Å². The van der Waals surface area contributed by atoms with Gasteiger partial charge in [0, 0.05) is 20.1 Å². The number of methoxy groups -OCH3 is 2. The van der Waals surface area contributed by atoms with Gasteiger partial charge in [-0.3, -0.25) is 4.79 Å². The van der Waals surface area contributed by atoms with Gasteiger partial charge in [-0.1, -0.05) is 18.3 Å². The molecule has 0 fully saturated rings. The number of carbonyl (C=O) groups excluding carboxylic acids is 2. The number of aromatic nitrogens is 1. The molecule has 124 valence electrons.